The van der Waals surface area contributed by atoms with E-state index in [4.69, 9.17) is 5.26 Å². The average Bonchev–Trinajstić information content (AvgIpc) is 2.71. The largest absolute Gasteiger partial charge is 0.354 e. The maximum absolute atomic E-state index is 12.2. The van der Waals surface area contributed by atoms with Crippen LogP contribution in [0, 0.1) is 11.3 Å². The van der Waals surface area contributed by atoms with Crippen LogP contribution in [-0.4, -0.2) is 10.8 Å². The van der Waals surface area contributed by atoms with E-state index >= 15 is 0 Å². The van der Waals surface area contributed by atoms with Gasteiger partial charge in [0.05, 0.1) is 12.5 Å². The fourth-order valence-corrected chi connectivity index (χ4v) is 2.39. The molecule has 18 heavy (non-hydrogen) atoms. The Labute approximate surface area is 121 Å². The minimum absolute atomic E-state index is 0.0986. The van der Waals surface area contributed by atoms with E-state index < -0.39 is 0 Å². The number of carbonyl (C=O) groups excluding carboxylic acids is 1. The Morgan fingerprint density at radius 1 is 1.28 bits per heavy atom. The van der Waals surface area contributed by atoms with Crippen molar-refractivity contribution >= 4 is 37.6 Å². The molecule has 1 heterocycles. The Morgan fingerprint density at radius 2 is 1.94 bits per heavy atom. The summed E-state index contributed by atoms with van der Waals surface area (Å²) in [4.78, 5) is 15.2. The average molecular weight is 368 g/mol. The number of benzene rings is 1. The highest BCUT2D eigenvalue weighted by Gasteiger charge is 2.15. The fourth-order valence-electron chi connectivity index (χ4n) is 1.57. The van der Waals surface area contributed by atoms with Gasteiger partial charge in [0.15, 0.2) is 0 Å². The normalized spacial score (nSPS) is 10.1. The van der Waals surface area contributed by atoms with Gasteiger partial charge >= 0.3 is 0 Å². The van der Waals surface area contributed by atoms with Gasteiger partial charge in [-0.1, -0.05) is 15.9 Å². The van der Waals surface area contributed by atoms with Crippen LogP contribution in [0.2, 0.25) is 0 Å². The number of H-pyrrole nitrogens is 1. The minimum Gasteiger partial charge on any atom is -0.354 e. The molecule has 1 aromatic carbocycles. The molecule has 0 aliphatic heterocycles. The van der Waals surface area contributed by atoms with E-state index in [-0.39, 0.29) is 12.2 Å². The fraction of sp³-hybridized carbons (Fsp3) is 0.0769. The second-order valence-corrected chi connectivity index (χ2v) is 5.46. The van der Waals surface area contributed by atoms with Crippen LogP contribution in [-0.2, 0) is 6.42 Å². The van der Waals surface area contributed by atoms with Crippen LogP contribution >= 0.6 is 31.9 Å². The first-order valence-corrected chi connectivity index (χ1v) is 6.75. The predicted molar refractivity (Wildman–Crippen MR) is 75.4 cm³/mol. The standard InChI is InChI=1S/C13H8Br2N2O/c14-9-3-1-8(2-4-9)13(18)12-11(15)7-10(17-12)5-6-16/h1-4,7,17H,5H2. The van der Waals surface area contributed by atoms with Gasteiger partial charge < -0.3 is 4.98 Å². The molecule has 0 spiro atoms. The van der Waals surface area contributed by atoms with Crippen molar-refractivity contribution in [2.24, 2.45) is 0 Å². The second kappa shape index (κ2) is 5.51. The molecule has 0 saturated heterocycles. The van der Waals surface area contributed by atoms with Gasteiger partial charge in [-0.15, -0.1) is 0 Å². The molecule has 2 rings (SSSR count). The Bertz CT molecular complexity index is 623. The third-order valence-corrected chi connectivity index (χ3v) is 3.58. The van der Waals surface area contributed by atoms with Crippen LogP contribution in [0.5, 0.6) is 0 Å². The number of halogens is 2. The second-order valence-electron chi connectivity index (χ2n) is 3.69. The van der Waals surface area contributed by atoms with E-state index in [0.717, 1.165) is 10.2 Å². The van der Waals surface area contributed by atoms with Crippen molar-refractivity contribution in [1.82, 2.24) is 4.98 Å². The monoisotopic (exact) mass is 366 g/mol. The SMILES string of the molecule is N#CCc1cc(Br)c(C(=O)c2ccc(Br)cc2)[nH]1. The number of nitrogens with one attached hydrogen (secondary N) is 1. The lowest BCUT2D eigenvalue weighted by molar-refractivity contribution is 0.103. The van der Waals surface area contributed by atoms with E-state index in [1.54, 1.807) is 18.2 Å². The molecule has 1 aromatic heterocycles. The molecule has 5 heteroatoms. The van der Waals surface area contributed by atoms with Crippen LogP contribution in [0.1, 0.15) is 21.7 Å². The number of ketones is 1. The van der Waals surface area contributed by atoms with Crippen molar-refractivity contribution < 1.29 is 4.79 Å². The minimum atomic E-state index is -0.0986. The summed E-state index contributed by atoms with van der Waals surface area (Å²) >= 11 is 6.65. The summed E-state index contributed by atoms with van der Waals surface area (Å²) in [5, 5.41) is 8.63. The molecule has 0 radical (unpaired) electrons. The molecule has 0 amide bonds. The summed E-state index contributed by atoms with van der Waals surface area (Å²) in [6.45, 7) is 0. The lowest BCUT2D eigenvalue weighted by atomic mass is 10.1. The zero-order chi connectivity index (χ0) is 13.1. The van der Waals surface area contributed by atoms with E-state index in [1.165, 1.54) is 0 Å². The summed E-state index contributed by atoms with van der Waals surface area (Å²) in [5.41, 5.74) is 1.80. The van der Waals surface area contributed by atoms with Crippen molar-refractivity contribution in [3.05, 3.63) is 56.2 Å². The zero-order valence-electron chi connectivity index (χ0n) is 9.21. The highest BCUT2D eigenvalue weighted by atomic mass is 79.9. The summed E-state index contributed by atoms with van der Waals surface area (Å²) < 4.78 is 1.61. The number of nitriles is 1. The highest BCUT2D eigenvalue weighted by molar-refractivity contribution is 9.10. The molecule has 0 atom stereocenters. The van der Waals surface area contributed by atoms with E-state index in [9.17, 15) is 4.79 Å². The molecule has 90 valence electrons. The number of aromatic amines is 1. The molecule has 1 N–H and O–H groups in total. The maximum Gasteiger partial charge on any atom is 0.210 e. The third kappa shape index (κ3) is 2.71. The van der Waals surface area contributed by atoms with Gasteiger partial charge in [-0.05, 0) is 46.3 Å². The van der Waals surface area contributed by atoms with E-state index in [1.807, 2.05) is 18.2 Å². The highest BCUT2D eigenvalue weighted by Crippen LogP contribution is 2.22. The van der Waals surface area contributed by atoms with Gasteiger partial charge in [-0.25, -0.2) is 0 Å². The van der Waals surface area contributed by atoms with Crippen molar-refractivity contribution in [1.29, 1.82) is 5.26 Å². The van der Waals surface area contributed by atoms with E-state index in [2.05, 4.69) is 36.8 Å². The summed E-state index contributed by atoms with van der Waals surface area (Å²) in [6.07, 6.45) is 0.256. The number of hydrogen-bond donors (Lipinski definition) is 1. The first kappa shape index (κ1) is 13.1. The first-order chi connectivity index (χ1) is 8.61. The zero-order valence-corrected chi connectivity index (χ0v) is 12.4. The van der Waals surface area contributed by atoms with Crippen molar-refractivity contribution in [2.45, 2.75) is 6.42 Å². The van der Waals surface area contributed by atoms with Crippen LogP contribution in [0.25, 0.3) is 0 Å². The smallest absolute Gasteiger partial charge is 0.210 e. The van der Waals surface area contributed by atoms with Crippen molar-refractivity contribution in [2.75, 3.05) is 0 Å². The number of rotatable bonds is 3. The Kier molecular flexibility index (Phi) is 4.00. The summed E-state index contributed by atoms with van der Waals surface area (Å²) in [6, 6.07) is 10.9. The van der Waals surface area contributed by atoms with Crippen LogP contribution < -0.4 is 0 Å². The van der Waals surface area contributed by atoms with Crippen molar-refractivity contribution in [3.63, 3.8) is 0 Å². The number of hydrogen-bond acceptors (Lipinski definition) is 2. The number of carbonyl (C=O) groups is 1. The maximum atomic E-state index is 12.2. The van der Waals surface area contributed by atoms with Gasteiger partial charge in [0.1, 0.15) is 5.69 Å². The lowest BCUT2D eigenvalue weighted by Gasteiger charge is -2.00. The summed E-state index contributed by atoms with van der Waals surface area (Å²) in [7, 11) is 0. The Balaban J connectivity index is 2.34. The van der Waals surface area contributed by atoms with Crippen LogP contribution in [0.15, 0.2) is 39.3 Å². The molecule has 0 aliphatic rings. The van der Waals surface area contributed by atoms with Gasteiger partial charge in [-0.3, -0.25) is 4.79 Å². The van der Waals surface area contributed by atoms with Gasteiger partial charge in [0, 0.05) is 20.2 Å². The molecule has 0 unspecified atom stereocenters. The summed E-state index contributed by atoms with van der Waals surface area (Å²) in [5.74, 6) is -0.0986. The topological polar surface area (TPSA) is 56.6 Å². The molecular formula is C13H8Br2N2O. The lowest BCUT2D eigenvalue weighted by Crippen LogP contribution is -2.02. The van der Waals surface area contributed by atoms with Gasteiger partial charge in [0.2, 0.25) is 5.78 Å². The number of aromatic nitrogens is 1. The molecule has 3 nitrogen and oxygen atoms in total. The van der Waals surface area contributed by atoms with Crippen LogP contribution in [0.4, 0.5) is 0 Å². The molecule has 0 aliphatic carbocycles. The Morgan fingerprint density at radius 3 is 2.56 bits per heavy atom. The Hall–Kier alpha value is -1.38. The quantitative estimate of drug-likeness (QED) is 0.838. The molecule has 0 saturated carbocycles. The van der Waals surface area contributed by atoms with E-state index in [0.29, 0.717) is 15.7 Å². The van der Waals surface area contributed by atoms with Crippen LogP contribution in [0.3, 0.4) is 0 Å². The molecular weight excluding hydrogens is 360 g/mol. The van der Waals surface area contributed by atoms with Crippen molar-refractivity contribution in [3.8, 4) is 6.07 Å². The van der Waals surface area contributed by atoms with Gasteiger partial charge in [-0.2, -0.15) is 5.26 Å². The molecule has 2 aromatic rings. The predicted octanol–water partition coefficient (Wildman–Crippen LogP) is 3.84. The molecule has 0 fully saturated rings. The number of nitrogens with zero attached hydrogens (tertiary/aromatic N) is 1. The molecule has 0 bridgehead atoms. The third-order valence-electron chi connectivity index (χ3n) is 2.43. The first-order valence-electron chi connectivity index (χ1n) is 5.16. The van der Waals surface area contributed by atoms with Gasteiger partial charge in [0.25, 0.3) is 0 Å².